The van der Waals surface area contributed by atoms with E-state index in [2.05, 4.69) is 18.3 Å². The van der Waals surface area contributed by atoms with Crippen molar-refractivity contribution in [3.8, 4) is 0 Å². The van der Waals surface area contributed by atoms with Gasteiger partial charge in [0, 0.05) is 18.5 Å². The fourth-order valence-corrected chi connectivity index (χ4v) is 1.87. The Balaban J connectivity index is 2.36. The molecule has 1 aliphatic heterocycles. The van der Waals surface area contributed by atoms with E-state index in [1.807, 2.05) is 12.1 Å². The average molecular weight is 216 g/mol. The lowest BCUT2D eigenvalue weighted by Crippen LogP contribution is -2.54. The molecule has 0 radical (unpaired) electrons. The molecule has 0 bridgehead atoms. The van der Waals surface area contributed by atoms with E-state index in [0.29, 0.717) is 10.0 Å². The molecule has 0 amide bonds. The summed E-state index contributed by atoms with van der Waals surface area (Å²) in [5.74, 6) is 0. The monoisotopic (exact) mass is 215 g/mol. The van der Waals surface area contributed by atoms with E-state index in [1.165, 1.54) is 5.56 Å². The van der Waals surface area contributed by atoms with Crippen LogP contribution in [0.4, 0.5) is 0 Å². The molecule has 0 atom stereocenters. The molecule has 1 N–H and O–H groups in total. The topological polar surface area (TPSA) is 12.0 Å². The summed E-state index contributed by atoms with van der Waals surface area (Å²) in [7, 11) is 0. The minimum atomic E-state index is 0.244. The van der Waals surface area contributed by atoms with Crippen LogP contribution in [0.2, 0.25) is 10.0 Å². The van der Waals surface area contributed by atoms with E-state index in [-0.39, 0.29) is 5.41 Å². The van der Waals surface area contributed by atoms with Crippen LogP contribution in [0.15, 0.2) is 18.2 Å². The first-order valence-electron chi connectivity index (χ1n) is 4.28. The second-order valence-corrected chi connectivity index (χ2v) is 4.61. The second-order valence-electron chi connectivity index (χ2n) is 3.79. The third-order valence-electron chi connectivity index (χ3n) is 2.65. The van der Waals surface area contributed by atoms with E-state index in [9.17, 15) is 0 Å². The van der Waals surface area contributed by atoms with Crippen LogP contribution >= 0.6 is 23.2 Å². The van der Waals surface area contributed by atoms with Crippen LogP contribution in [-0.4, -0.2) is 13.1 Å². The first-order valence-corrected chi connectivity index (χ1v) is 5.04. The van der Waals surface area contributed by atoms with Gasteiger partial charge < -0.3 is 5.32 Å². The number of halogens is 2. The molecule has 70 valence electrons. The Kier molecular flexibility index (Phi) is 2.26. The summed E-state index contributed by atoms with van der Waals surface area (Å²) < 4.78 is 0. The van der Waals surface area contributed by atoms with Crippen molar-refractivity contribution in [3.63, 3.8) is 0 Å². The second kappa shape index (κ2) is 3.16. The minimum absolute atomic E-state index is 0.244. The van der Waals surface area contributed by atoms with Gasteiger partial charge in [-0.3, -0.25) is 0 Å². The Hall–Kier alpha value is -0.240. The smallest absolute Gasteiger partial charge is 0.0595 e. The van der Waals surface area contributed by atoms with Crippen LogP contribution in [0.1, 0.15) is 12.5 Å². The fraction of sp³-hybridized carbons (Fsp3) is 0.400. The normalized spacial score (nSPS) is 19.6. The van der Waals surface area contributed by atoms with E-state index >= 15 is 0 Å². The number of nitrogens with one attached hydrogen (secondary N) is 1. The lowest BCUT2D eigenvalue weighted by molar-refractivity contribution is 0.305. The van der Waals surface area contributed by atoms with Crippen molar-refractivity contribution < 1.29 is 0 Å². The maximum absolute atomic E-state index is 5.95. The summed E-state index contributed by atoms with van der Waals surface area (Å²) in [6, 6.07) is 5.88. The Labute approximate surface area is 88.0 Å². The Morgan fingerprint density at radius 3 is 2.38 bits per heavy atom. The Morgan fingerprint density at radius 2 is 1.92 bits per heavy atom. The van der Waals surface area contributed by atoms with Crippen LogP contribution < -0.4 is 5.32 Å². The summed E-state index contributed by atoms with van der Waals surface area (Å²) in [5.41, 5.74) is 1.51. The van der Waals surface area contributed by atoms with Crippen LogP contribution in [0.3, 0.4) is 0 Å². The van der Waals surface area contributed by atoms with Gasteiger partial charge in [0.1, 0.15) is 0 Å². The highest BCUT2D eigenvalue weighted by Crippen LogP contribution is 2.32. The molecule has 0 spiro atoms. The lowest BCUT2D eigenvalue weighted by Gasteiger charge is -2.40. The van der Waals surface area contributed by atoms with Crippen LogP contribution in [-0.2, 0) is 5.41 Å². The zero-order valence-corrected chi connectivity index (χ0v) is 8.91. The van der Waals surface area contributed by atoms with Crippen molar-refractivity contribution in [2.45, 2.75) is 12.3 Å². The van der Waals surface area contributed by atoms with Crippen LogP contribution in [0.5, 0.6) is 0 Å². The number of hydrogen-bond acceptors (Lipinski definition) is 1. The highest BCUT2D eigenvalue weighted by Gasteiger charge is 2.33. The molecule has 1 fully saturated rings. The first kappa shape index (κ1) is 9.32. The van der Waals surface area contributed by atoms with Crippen molar-refractivity contribution in [3.05, 3.63) is 33.8 Å². The predicted molar refractivity (Wildman–Crippen MR) is 56.7 cm³/mol. The van der Waals surface area contributed by atoms with Crippen molar-refractivity contribution in [1.82, 2.24) is 5.32 Å². The van der Waals surface area contributed by atoms with Crippen LogP contribution in [0.25, 0.3) is 0 Å². The molecule has 0 saturated carbocycles. The molecule has 0 unspecified atom stereocenters. The largest absolute Gasteiger partial charge is 0.315 e. The molecule has 1 nitrogen and oxygen atoms in total. The Morgan fingerprint density at radius 1 is 1.23 bits per heavy atom. The maximum atomic E-state index is 5.95. The van der Waals surface area contributed by atoms with Gasteiger partial charge in [0.2, 0.25) is 0 Å². The van der Waals surface area contributed by atoms with E-state index in [0.717, 1.165) is 13.1 Å². The molecular weight excluding hydrogens is 205 g/mol. The van der Waals surface area contributed by atoms with Crippen molar-refractivity contribution in [2.24, 2.45) is 0 Å². The van der Waals surface area contributed by atoms with Crippen molar-refractivity contribution in [1.29, 1.82) is 0 Å². The highest BCUT2D eigenvalue weighted by atomic mass is 35.5. The summed E-state index contributed by atoms with van der Waals surface area (Å²) in [4.78, 5) is 0. The standard InChI is InChI=1S/C10H11Cl2N/c1-10(5-13-6-10)7-2-3-8(11)9(12)4-7/h2-4,13H,5-6H2,1H3. The zero-order valence-electron chi connectivity index (χ0n) is 7.40. The van der Waals surface area contributed by atoms with Crippen molar-refractivity contribution >= 4 is 23.2 Å². The van der Waals surface area contributed by atoms with Gasteiger partial charge in [0.15, 0.2) is 0 Å². The lowest BCUT2D eigenvalue weighted by atomic mass is 9.77. The molecule has 1 saturated heterocycles. The van der Waals surface area contributed by atoms with Crippen molar-refractivity contribution in [2.75, 3.05) is 13.1 Å². The number of hydrogen-bond donors (Lipinski definition) is 1. The quantitative estimate of drug-likeness (QED) is 0.761. The van der Waals surface area contributed by atoms with Gasteiger partial charge >= 0.3 is 0 Å². The number of benzene rings is 1. The summed E-state index contributed by atoms with van der Waals surface area (Å²) in [5, 5.41) is 4.53. The molecule has 1 heterocycles. The van der Waals surface area contributed by atoms with Gasteiger partial charge in [-0.05, 0) is 17.7 Å². The van der Waals surface area contributed by atoms with E-state index in [1.54, 1.807) is 0 Å². The first-order chi connectivity index (χ1) is 6.12. The molecule has 0 aliphatic carbocycles. The molecule has 1 aromatic rings. The van der Waals surface area contributed by atoms with Gasteiger partial charge in [-0.15, -0.1) is 0 Å². The fourth-order valence-electron chi connectivity index (χ4n) is 1.58. The van der Waals surface area contributed by atoms with Gasteiger partial charge in [-0.1, -0.05) is 36.2 Å². The molecule has 1 aromatic carbocycles. The maximum Gasteiger partial charge on any atom is 0.0595 e. The van der Waals surface area contributed by atoms with E-state index < -0.39 is 0 Å². The third kappa shape index (κ3) is 1.56. The van der Waals surface area contributed by atoms with Crippen LogP contribution in [0, 0.1) is 0 Å². The SMILES string of the molecule is CC1(c2ccc(Cl)c(Cl)c2)CNC1. The molecular formula is C10H11Cl2N. The minimum Gasteiger partial charge on any atom is -0.315 e. The summed E-state index contributed by atoms with van der Waals surface area (Å²) in [6.07, 6.45) is 0. The molecule has 2 rings (SSSR count). The highest BCUT2D eigenvalue weighted by molar-refractivity contribution is 6.42. The number of rotatable bonds is 1. The predicted octanol–water partition coefficient (Wildman–Crippen LogP) is 2.85. The summed E-state index contributed by atoms with van der Waals surface area (Å²) >= 11 is 11.8. The van der Waals surface area contributed by atoms with Gasteiger partial charge in [0.25, 0.3) is 0 Å². The average Bonchev–Trinajstić information content (AvgIpc) is 2.06. The molecule has 13 heavy (non-hydrogen) atoms. The third-order valence-corrected chi connectivity index (χ3v) is 3.39. The Bertz CT molecular complexity index is 332. The van der Waals surface area contributed by atoms with Gasteiger partial charge in [-0.25, -0.2) is 0 Å². The molecule has 3 heteroatoms. The zero-order chi connectivity index (χ0) is 9.47. The van der Waals surface area contributed by atoms with Gasteiger partial charge in [-0.2, -0.15) is 0 Å². The van der Waals surface area contributed by atoms with Gasteiger partial charge in [0.05, 0.1) is 10.0 Å². The molecule has 1 aliphatic rings. The molecule has 0 aromatic heterocycles. The summed E-state index contributed by atoms with van der Waals surface area (Å²) in [6.45, 7) is 4.26. The van der Waals surface area contributed by atoms with E-state index in [4.69, 9.17) is 23.2 Å².